The zero-order valence-electron chi connectivity index (χ0n) is 19.7. The molecule has 1 amide bonds. The molecule has 0 spiro atoms. The summed E-state index contributed by atoms with van der Waals surface area (Å²) in [5, 5.41) is 0. The van der Waals surface area contributed by atoms with Crippen molar-refractivity contribution in [2.75, 3.05) is 57.8 Å². The van der Waals surface area contributed by atoms with Gasteiger partial charge in [0.2, 0.25) is 0 Å². The van der Waals surface area contributed by atoms with E-state index in [4.69, 9.17) is 4.74 Å². The molecule has 0 radical (unpaired) electrons. The Bertz CT molecular complexity index is 942. The molecule has 4 rings (SSSR count). The number of para-hydroxylation sites is 1. The van der Waals surface area contributed by atoms with E-state index in [1.54, 1.807) is 0 Å². The van der Waals surface area contributed by atoms with E-state index in [0.29, 0.717) is 26.1 Å². The normalized spacial score (nSPS) is 25.2. The fourth-order valence-electron chi connectivity index (χ4n) is 4.49. The van der Waals surface area contributed by atoms with Crippen molar-refractivity contribution >= 4 is 22.4 Å². The van der Waals surface area contributed by atoms with E-state index < -0.39 is 16.9 Å². The summed E-state index contributed by atoms with van der Waals surface area (Å²) in [4.78, 5) is 21.6. The van der Waals surface area contributed by atoms with E-state index in [9.17, 15) is 9.00 Å². The molecule has 1 aromatic carbocycles. The number of rotatable bonds is 5. The Morgan fingerprint density at radius 2 is 1.78 bits per heavy atom. The van der Waals surface area contributed by atoms with Gasteiger partial charge in [-0.2, -0.15) is 0 Å². The Hall–Kier alpha value is -1.96. The number of piperazine rings is 1. The summed E-state index contributed by atoms with van der Waals surface area (Å²) < 4.78 is 18.9. The molecule has 3 heterocycles. The van der Waals surface area contributed by atoms with Gasteiger partial charge in [-0.3, -0.25) is 4.79 Å². The van der Waals surface area contributed by atoms with Crippen molar-refractivity contribution in [2.24, 2.45) is 5.41 Å². The van der Waals surface area contributed by atoms with Crippen LogP contribution >= 0.6 is 0 Å². The molecule has 2 atom stereocenters. The van der Waals surface area contributed by atoms with E-state index >= 15 is 0 Å². The summed E-state index contributed by atoms with van der Waals surface area (Å²) in [6, 6.07) is 8.36. The highest BCUT2D eigenvalue weighted by atomic mass is 32.2. The van der Waals surface area contributed by atoms with E-state index in [1.165, 1.54) is 5.69 Å². The van der Waals surface area contributed by atoms with Crippen LogP contribution in [0.5, 0.6) is 0 Å². The van der Waals surface area contributed by atoms with Crippen LogP contribution in [0.15, 0.2) is 46.2 Å². The second kappa shape index (κ2) is 9.49. The zero-order valence-corrected chi connectivity index (χ0v) is 20.5. The molecule has 2 fully saturated rings. The van der Waals surface area contributed by atoms with Crippen LogP contribution in [0.2, 0.25) is 0 Å². The summed E-state index contributed by atoms with van der Waals surface area (Å²) >= 11 is 0. The predicted octanol–water partition coefficient (Wildman–Crippen LogP) is 2.78. The number of hydrogen-bond acceptors (Lipinski definition) is 5. The molecule has 3 aliphatic heterocycles. The topological polar surface area (TPSA) is 53.1 Å². The number of likely N-dealkylation sites (N-methyl/N-ethyl adjacent to an activating group) is 1. The summed E-state index contributed by atoms with van der Waals surface area (Å²) in [5.41, 5.74) is 2.21. The van der Waals surface area contributed by atoms with Crippen molar-refractivity contribution in [1.29, 1.82) is 0 Å². The number of ether oxygens (including phenoxy) is 1. The third-order valence-electron chi connectivity index (χ3n) is 6.45. The molecule has 1 aromatic rings. The summed E-state index contributed by atoms with van der Waals surface area (Å²) in [5.74, 6) is -0.00783. The first-order valence-electron chi connectivity index (χ1n) is 11.5. The van der Waals surface area contributed by atoms with Gasteiger partial charge in [-0.1, -0.05) is 39.0 Å². The number of hydrogen-bond donors (Lipinski definition) is 0. The number of anilines is 1. The van der Waals surface area contributed by atoms with Crippen molar-refractivity contribution in [1.82, 2.24) is 9.80 Å². The standard InChI is InChI=1S/C25H35N3O3S/c1-25(2,3)23-10-9-20(32(23)30)18-28-15-16-31-22(24(28)29)17-19-7-5-6-8-21(19)27-13-11-26(4)12-14-27/h5-10,22H,11-18H2,1-4H3. The van der Waals surface area contributed by atoms with E-state index in [0.717, 1.165) is 41.6 Å². The molecule has 6 nitrogen and oxygen atoms in total. The third-order valence-corrected chi connectivity index (χ3v) is 8.34. The minimum absolute atomic E-state index is 0.00783. The quantitative estimate of drug-likeness (QED) is 0.681. The molecule has 7 heteroatoms. The second-order valence-corrected chi connectivity index (χ2v) is 11.4. The van der Waals surface area contributed by atoms with Crippen LogP contribution in [-0.2, 0) is 26.8 Å². The molecule has 0 aliphatic carbocycles. The van der Waals surface area contributed by atoms with Crippen LogP contribution in [0.3, 0.4) is 0 Å². The van der Waals surface area contributed by atoms with Crippen molar-refractivity contribution in [3.8, 4) is 0 Å². The van der Waals surface area contributed by atoms with Crippen LogP contribution in [0.1, 0.15) is 26.3 Å². The molecule has 0 bridgehead atoms. The van der Waals surface area contributed by atoms with E-state index in [2.05, 4.69) is 55.8 Å². The smallest absolute Gasteiger partial charge is 0.252 e. The lowest BCUT2D eigenvalue weighted by Gasteiger charge is -2.36. The summed E-state index contributed by atoms with van der Waals surface area (Å²) in [7, 11) is 0.985. The fourth-order valence-corrected chi connectivity index (χ4v) is 5.99. The molecule has 2 unspecified atom stereocenters. The Morgan fingerprint density at radius 3 is 2.47 bits per heavy atom. The second-order valence-electron chi connectivity index (χ2n) is 9.93. The monoisotopic (exact) mass is 457 g/mol. The Labute approximate surface area is 194 Å². The van der Waals surface area contributed by atoms with E-state index in [1.807, 2.05) is 23.1 Å². The van der Waals surface area contributed by atoms with Gasteiger partial charge < -0.3 is 19.4 Å². The number of carbonyl (C=O) groups is 1. The highest BCUT2D eigenvalue weighted by molar-refractivity contribution is 7.93. The number of nitrogens with zero attached hydrogens (tertiary/aromatic N) is 3. The molecular weight excluding hydrogens is 422 g/mol. The summed E-state index contributed by atoms with van der Waals surface area (Å²) in [6.07, 6.45) is 3.95. The first-order chi connectivity index (χ1) is 15.2. The van der Waals surface area contributed by atoms with Gasteiger partial charge >= 0.3 is 0 Å². The van der Waals surface area contributed by atoms with Crippen LogP contribution < -0.4 is 4.90 Å². The van der Waals surface area contributed by atoms with Crippen molar-refractivity contribution in [2.45, 2.75) is 33.3 Å². The SMILES string of the molecule is CN1CCN(c2ccccc2CC2OCCN(CC3=CC=C(C(C)(C)C)S3=O)C2=O)CC1. The first-order valence-corrected chi connectivity index (χ1v) is 12.6. The lowest BCUT2D eigenvalue weighted by molar-refractivity contribution is -0.151. The maximum Gasteiger partial charge on any atom is 0.252 e. The molecular formula is C25H35N3O3S. The van der Waals surface area contributed by atoms with Crippen LogP contribution in [0.25, 0.3) is 0 Å². The molecule has 2 saturated heterocycles. The van der Waals surface area contributed by atoms with Crippen molar-refractivity contribution in [3.63, 3.8) is 0 Å². The largest absolute Gasteiger partial charge is 0.369 e. The molecule has 0 N–H and O–H groups in total. The number of morpholine rings is 1. The predicted molar refractivity (Wildman–Crippen MR) is 130 cm³/mol. The van der Waals surface area contributed by atoms with Crippen LogP contribution in [-0.4, -0.2) is 78.9 Å². The van der Waals surface area contributed by atoms with Gasteiger partial charge in [-0.25, -0.2) is 4.21 Å². The van der Waals surface area contributed by atoms with Gasteiger partial charge in [0.15, 0.2) is 0 Å². The third kappa shape index (κ3) is 5.00. The van der Waals surface area contributed by atoms with Crippen LogP contribution in [0.4, 0.5) is 5.69 Å². The Morgan fingerprint density at radius 1 is 1.06 bits per heavy atom. The van der Waals surface area contributed by atoms with Crippen LogP contribution in [0, 0.1) is 5.41 Å². The van der Waals surface area contributed by atoms with E-state index in [-0.39, 0.29) is 11.3 Å². The lowest BCUT2D eigenvalue weighted by atomic mass is 9.96. The number of carbonyl (C=O) groups excluding carboxylic acids is 1. The minimum atomic E-state index is -1.17. The number of amides is 1. The number of benzene rings is 1. The van der Waals surface area contributed by atoms with Crippen molar-refractivity contribution < 1.29 is 13.7 Å². The van der Waals surface area contributed by atoms with Gasteiger partial charge in [0.25, 0.3) is 5.91 Å². The average Bonchev–Trinajstić information content (AvgIpc) is 3.13. The van der Waals surface area contributed by atoms with Gasteiger partial charge in [-0.15, -0.1) is 0 Å². The molecule has 0 saturated carbocycles. The van der Waals surface area contributed by atoms with Gasteiger partial charge in [0, 0.05) is 54.6 Å². The molecule has 0 aromatic heterocycles. The summed E-state index contributed by atoms with van der Waals surface area (Å²) in [6.45, 7) is 11.7. The highest BCUT2D eigenvalue weighted by Crippen LogP contribution is 2.35. The van der Waals surface area contributed by atoms with Crippen molar-refractivity contribution in [3.05, 3.63) is 51.8 Å². The minimum Gasteiger partial charge on any atom is -0.369 e. The maximum absolute atomic E-state index is 13.3. The Balaban J connectivity index is 1.42. The maximum atomic E-state index is 13.3. The highest BCUT2D eigenvalue weighted by Gasteiger charge is 2.34. The average molecular weight is 458 g/mol. The first kappa shape index (κ1) is 23.2. The number of allylic oxidation sites excluding steroid dienone is 3. The zero-order chi connectivity index (χ0) is 22.9. The molecule has 174 valence electrons. The molecule has 3 aliphatic rings. The molecule has 32 heavy (non-hydrogen) atoms. The van der Waals surface area contributed by atoms with Gasteiger partial charge in [0.05, 0.1) is 24.0 Å². The lowest BCUT2D eigenvalue weighted by Crippen LogP contribution is -2.49. The Kier molecular flexibility index (Phi) is 6.89. The fraction of sp³-hybridized carbons (Fsp3) is 0.560. The van der Waals surface area contributed by atoms with Gasteiger partial charge in [0.1, 0.15) is 6.10 Å². The van der Waals surface area contributed by atoms with Gasteiger partial charge in [-0.05, 0) is 36.2 Å².